The van der Waals surface area contributed by atoms with E-state index >= 15 is 0 Å². The van der Waals surface area contributed by atoms with Gasteiger partial charge in [-0.3, -0.25) is 13.9 Å². The summed E-state index contributed by atoms with van der Waals surface area (Å²) >= 11 is 1.45. The predicted octanol–water partition coefficient (Wildman–Crippen LogP) is 3.02. The van der Waals surface area contributed by atoms with E-state index in [1.54, 1.807) is 7.05 Å². The molecule has 8 heteroatoms. The molecule has 0 fully saturated rings. The summed E-state index contributed by atoms with van der Waals surface area (Å²) in [5.74, 6) is 1.99. The van der Waals surface area contributed by atoms with Crippen LogP contribution in [0.25, 0.3) is 11.0 Å². The van der Waals surface area contributed by atoms with E-state index in [-0.39, 0.29) is 11.0 Å². The van der Waals surface area contributed by atoms with Crippen LogP contribution in [0.3, 0.4) is 0 Å². The van der Waals surface area contributed by atoms with Gasteiger partial charge in [0.25, 0.3) is 5.56 Å². The van der Waals surface area contributed by atoms with Crippen LogP contribution < -0.4 is 16.0 Å². The number of aromatic nitrogens is 4. The molecule has 0 radical (unpaired) electrons. The Kier molecular flexibility index (Phi) is 5.84. The molecular formula is C21H26N4O3S. The molecular weight excluding hydrogens is 388 g/mol. The number of benzene rings is 1. The highest BCUT2D eigenvalue weighted by Crippen LogP contribution is 2.31. The summed E-state index contributed by atoms with van der Waals surface area (Å²) in [5.41, 5.74) is 0.260. The van der Waals surface area contributed by atoms with Crippen molar-refractivity contribution in [3.8, 4) is 5.75 Å². The second-order valence-corrected chi connectivity index (χ2v) is 8.80. The van der Waals surface area contributed by atoms with Gasteiger partial charge in [0.05, 0.1) is 6.61 Å². The molecule has 0 saturated carbocycles. The van der Waals surface area contributed by atoms with Crippen molar-refractivity contribution in [1.82, 2.24) is 19.1 Å². The molecule has 0 aliphatic rings. The van der Waals surface area contributed by atoms with E-state index in [9.17, 15) is 9.59 Å². The van der Waals surface area contributed by atoms with E-state index in [4.69, 9.17) is 9.72 Å². The first-order valence-electron chi connectivity index (χ1n) is 9.47. The van der Waals surface area contributed by atoms with Crippen molar-refractivity contribution in [3.05, 3.63) is 56.5 Å². The van der Waals surface area contributed by atoms with Crippen LogP contribution in [0.5, 0.6) is 5.75 Å². The lowest BCUT2D eigenvalue weighted by Gasteiger charge is -2.19. The zero-order valence-electron chi connectivity index (χ0n) is 17.6. The maximum atomic E-state index is 12.9. The van der Waals surface area contributed by atoms with Gasteiger partial charge in [-0.25, -0.2) is 14.8 Å². The molecule has 29 heavy (non-hydrogen) atoms. The van der Waals surface area contributed by atoms with Crippen LogP contribution >= 0.6 is 11.8 Å². The predicted molar refractivity (Wildman–Crippen MR) is 116 cm³/mol. The molecule has 0 atom stereocenters. The fraction of sp³-hybridized carbons (Fsp3) is 0.429. The Hall–Kier alpha value is -2.61. The molecule has 0 unspecified atom stereocenters. The summed E-state index contributed by atoms with van der Waals surface area (Å²) in [7, 11) is 3.10. The molecule has 0 spiro atoms. The van der Waals surface area contributed by atoms with Crippen molar-refractivity contribution in [2.75, 3.05) is 6.61 Å². The quantitative estimate of drug-likeness (QED) is 0.472. The highest BCUT2D eigenvalue weighted by atomic mass is 32.2. The van der Waals surface area contributed by atoms with Gasteiger partial charge in [0.2, 0.25) is 0 Å². The Balaban J connectivity index is 2.18. The summed E-state index contributed by atoms with van der Waals surface area (Å²) < 4.78 is 8.22. The first-order chi connectivity index (χ1) is 13.6. The van der Waals surface area contributed by atoms with Gasteiger partial charge in [-0.1, -0.05) is 39.0 Å². The van der Waals surface area contributed by atoms with Crippen LogP contribution in [0.2, 0.25) is 0 Å². The molecule has 3 rings (SSSR count). The standard InChI is InChI=1S/C21H26N4O3S/c1-7-28-14-11-9-8-10-13(14)12-29-17-15-16(22-19(23-17)21(2,3)4)24(5)20(27)25(6)18(15)26/h8-11H,7,12H2,1-6H3. The number of hydrogen-bond donors (Lipinski definition) is 0. The number of aryl methyl sites for hydroxylation is 1. The van der Waals surface area contributed by atoms with Crippen molar-refractivity contribution in [2.24, 2.45) is 14.1 Å². The fourth-order valence-corrected chi connectivity index (χ4v) is 3.94. The second-order valence-electron chi connectivity index (χ2n) is 7.84. The smallest absolute Gasteiger partial charge is 0.332 e. The zero-order chi connectivity index (χ0) is 21.3. The van der Waals surface area contributed by atoms with Gasteiger partial charge in [-0.15, -0.1) is 11.8 Å². The highest BCUT2D eigenvalue weighted by Gasteiger charge is 2.23. The summed E-state index contributed by atoms with van der Waals surface area (Å²) in [5, 5.41) is 0.934. The van der Waals surface area contributed by atoms with Gasteiger partial charge in [0, 0.05) is 30.8 Å². The maximum Gasteiger partial charge on any atom is 0.332 e. The Bertz CT molecular complexity index is 1180. The van der Waals surface area contributed by atoms with Crippen LogP contribution in [0, 0.1) is 0 Å². The Morgan fingerprint density at radius 3 is 2.41 bits per heavy atom. The zero-order valence-corrected chi connectivity index (χ0v) is 18.5. The van der Waals surface area contributed by atoms with E-state index in [0.29, 0.717) is 34.2 Å². The lowest BCUT2D eigenvalue weighted by molar-refractivity contribution is 0.337. The number of rotatable bonds is 5. The molecule has 3 aromatic rings. The average Bonchev–Trinajstić information content (AvgIpc) is 2.68. The number of nitrogens with zero attached hydrogens (tertiary/aromatic N) is 4. The minimum absolute atomic E-state index is 0.330. The topological polar surface area (TPSA) is 79.0 Å². The number of ether oxygens (including phenoxy) is 1. The third-order valence-electron chi connectivity index (χ3n) is 4.57. The second kappa shape index (κ2) is 8.02. The Labute approximate surface area is 173 Å². The first kappa shape index (κ1) is 21.1. The van der Waals surface area contributed by atoms with Gasteiger partial charge < -0.3 is 4.74 Å². The Morgan fingerprint density at radius 2 is 1.76 bits per heavy atom. The number of fused-ring (bicyclic) bond motifs is 1. The minimum atomic E-state index is -0.404. The molecule has 0 aliphatic heterocycles. The Morgan fingerprint density at radius 1 is 1.07 bits per heavy atom. The molecule has 0 aliphatic carbocycles. The lowest BCUT2D eigenvalue weighted by atomic mass is 9.96. The van der Waals surface area contributed by atoms with Crippen LogP contribution in [0.4, 0.5) is 0 Å². The van der Waals surface area contributed by atoms with E-state index in [1.165, 1.54) is 23.4 Å². The van der Waals surface area contributed by atoms with Crippen molar-refractivity contribution in [3.63, 3.8) is 0 Å². The van der Waals surface area contributed by atoms with Crippen LogP contribution in [0.1, 0.15) is 39.1 Å². The van der Waals surface area contributed by atoms with Gasteiger partial charge in [-0.05, 0) is 13.0 Å². The first-order valence-corrected chi connectivity index (χ1v) is 10.5. The summed E-state index contributed by atoms with van der Waals surface area (Å²) in [6.45, 7) is 8.54. The molecule has 0 amide bonds. The molecule has 0 N–H and O–H groups in total. The highest BCUT2D eigenvalue weighted by molar-refractivity contribution is 7.98. The van der Waals surface area contributed by atoms with Crippen LogP contribution in [-0.2, 0) is 25.3 Å². The largest absolute Gasteiger partial charge is 0.494 e. The molecule has 1 aromatic carbocycles. The SMILES string of the molecule is CCOc1ccccc1CSc1nc(C(C)(C)C)nc2c1c(=O)n(C)c(=O)n2C. The van der Waals surface area contributed by atoms with E-state index in [1.807, 2.05) is 52.0 Å². The van der Waals surface area contributed by atoms with Gasteiger partial charge >= 0.3 is 5.69 Å². The molecule has 0 saturated heterocycles. The van der Waals surface area contributed by atoms with Crippen molar-refractivity contribution in [2.45, 2.75) is 43.9 Å². The molecule has 2 heterocycles. The third kappa shape index (κ3) is 4.07. The lowest BCUT2D eigenvalue weighted by Crippen LogP contribution is -2.38. The molecule has 2 aromatic heterocycles. The molecule has 154 valence electrons. The van der Waals surface area contributed by atoms with Crippen LogP contribution in [-0.4, -0.2) is 25.7 Å². The van der Waals surface area contributed by atoms with Crippen molar-refractivity contribution >= 4 is 22.8 Å². The number of thioether (sulfide) groups is 1. The normalized spacial score (nSPS) is 11.8. The van der Waals surface area contributed by atoms with E-state index < -0.39 is 5.69 Å². The van der Waals surface area contributed by atoms with Gasteiger partial charge in [-0.2, -0.15) is 0 Å². The average molecular weight is 415 g/mol. The number of para-hydroxylation sites is 1. The summed E-state index contributed by atoms with van der Waals surface area (Å²) in [6.07, 6.45) is 0. The van der Waals surface area contributed by atoms with Gasteiger partial charge in [0.15, 0.2) is 5.65 Å². The fourth-order valence-electron chi connectivity index (χ4n) is 2.93. The van der Waals surface area contributed by atoms with E-state index in [0.717, 1.165) is 15.9 Å². The molecule has 7 nitrogen and oxygen atoms in total. The van der Waals surface area contributed by atoms with Crippen LogP contribution in [0.15, 0.2) is 38.9 Å². The third-order valence-corrected chi connectivity index (χ3v) is 5.60. The summed E-state index contributed by atoms with van der Waals surface area (Å²) in [4.78, 5) is 34.6. The molecule has 0 bridgehead atoms. The monoisotopic (exact) mass is 414 g/mol. The van der Waals surface area contributed by atoms with Crippen molar-refractivity contribution < 1.29 is 4.74 Å². The van der Waals surface area contributed by atoms with E-state index in [2.05, 4.69) is 4.98 Å². The number of hydrogen-bond acceptors (Lipinski definition) is 6. The maximum absolute atomic E-state index is 12.9. The summed E-state index contributed by atoms with van der Waals surface area (Å²) in [6, 6.07) is 7.82. The van der Waals surface area contributed by atoms with Gasteiger partial charge in [0.1, 0.15) is 22.0 Å². The minimum Gasteiger partial charge on any atom is -0.494 e. The van der Waals surface area contributed by atoms with Crippen molar-refractivity contribution in [1.29, 1.82) is 0 Å².